The molecule has 40 heavy (non-hydrogen) atoms. The van der Waals surface area contributed by atoms with E-state index in [2.05, 4.69) is 31.4 Å². The van der Waals surface area contributed by atoms with Crippen molar-refractivity contribution in [1.82, 2.24) is 30.8 Å². The van der Waals surface area contributed by atoms with Gasteiger partial charge < -0.3 is 25.4 Å². The summed E-state index contributed by atoms with van der Waals surface area (Å²) in [5.41, 5.74) is 1.53. The highest BCUT2D eigenvalue weighted by Gasteiger charge is 2.11. The molecule has 0 radical (unpaired) electrons. The van der Waals surface area contributed by atoms with Crippen LogP contribution in [0.2, 0.25) is 0 Å². The number of carbonyl (C=O) groups is 1. The molecule has 0 unspecified atom stereocenters. The SMILES string of the molecule is COc1cccc(NC(=S)NCCNC(=O)Cn2nnc(-c3cccc(Oc4cccc5ccccc45)c3)n2)c1. The number of hydrogen-bond acceptors (Lipinski definition) is 7. The topological polar surface area (TPSA) is 115 Å². The number of nitrogens with one attached hydrogen (secondary N) is 3. The fraction of sp³-hybridized carbons (Fsp3) is 0.138. The lowest BCUT2D eigenvalue weighted by atomic mass is 10.1. The third kappa shape index (κ3) is 6.88. The maximum atomic E-state index is 12.4. The van der Waals surface area contributed by atoms with Crippen molar-refractivity contribution in [2.75, 3.05) is 25.5 Å². The summed E-state index contributed by atoms with van der Waals surface area (Å²) in [5, 5.41) is 24.0. The van der Waals surface area contributed by atoms with E-state index in [1.54, 1.807) is 7.11 Å². The van der Waals surface area contributed by atoms with Gasteiger partial charge in [0, 0.05) is 35.8 Å². The molecule has 11 heteroatoms. The zero-order valence-electron chi connectivity index (χ0n) is 21.7. The molecular weight excluding hydrogens is 526 g/mol. The zero-order valence-corrected chi connectivity index (χ0v) is 22.5. The maximum Gasteiger partial charge on any atom is 0.243 e. The predicted octanol–water partition coefficient (Wildman–Crippen LogP) is 4.40. The van der Waals surface area contributed by atoms with E-state index < -0.39 is 0 Å². The molecule has 0 spiro atoms. The third-order valence-electron chi connectivity index (χ3n) is 5.87. The van der Waals surface area contributed by atoms with Crippen LogP contribution in [-0.4, -0.2) is 51.4 Å². The van der Waals surface area contributed by atoms with Crippen molar-refractivity contribution >= 4 is 39.7 Å². The number of carbonyl (C=O) groups excluding carboxylic acids is 1. The Labute approximate surface area is 236 Å². The molecule has 0 aliphatic rings. The number of fused-ring (bicyclic) bond motifs is 1. The summed E-state index contributed by atoms with van der Waals surface area (Å²) in [6.45, 7) is 0.751. The van der Waals surface area contributed by atoms with Gasteiger partial charge in [-0.25, -0.2) is 0 Å². The highest BCUT2D eigenvalue weighted by atomic mass is 32.1. The minimum Gasteiger partial charge on any atom is -0.497 e. The van der Waals surface area contributed by atoms with E-state index >= 15 is 0 Å². The Bertz CT molecular complexity index is 1630. The Kier molecular flexibility index (Phi) is 8.42. The number of amides is 1. The van der Waals surface area contributed by atoms with Crippen molar-refractivity contribution in [2.45, 2.75) is 6.54 Å². The first-order valence-corrected chi connectivity index (χ1v) is 13.0. The average molecular weight is 554 g/mol. The van der Waals surface area contributed by atoms with Crippen LogP contribution in [0.4, 0.5) is 5.69 Å². The number of ether oxygens (including phenoxy) is 2. The van der Waals surface area contributed by atoms with E-state index in [1.807, 2.05) is 91.0 Å². The normalized spacial score (nSPS) is 10.6. The molecule has 0 bridgehead atoms. The minimum absolute atomic E-state index is 0.0638. The van der Waals surface area contributed by atoms with Crippen molar-refractivity contribution < 1.29 is 14.3 Å². The molecule has 5 rings (SSSR count). The fourth-order valence-corrected chi connectivity index (χ4v) is 4.19. The van der Waals surface area contributed by atoms with Gasteiger partial charge in [0.15, 0.2) is 5.11 Å². The molecule has 1 amide bonds. The molecular formula is C29H27N7O3S. The van der Waals surface area contributed by atoms with Crippen LogP contribution in [0.3, 0.4) is 0 Å². The Balaban J connectivity index is 1.10. The summed E-state index contributed by atoms with van der Waals surface area (Å²) in [7, 11) is 1.61. The number of nitrogens with zero attached hydrogens (tertiary/aromatic N) is 4. The van der Waals surface area contributed by atoms with Gasteiger partial charge >= 0.3 is 0 Å². The van der Waals surface area contributed by atoms with Crippen molar-refractivity contribution in [3.05, 3.63) is 91.0 Å². The van der Waals surface area contributed by atoms with E-state index in [4.69, 9.17) is 21.7 Å². The second kappa shape index (κ2) is 12.7. The van der Waals surface area contributed by atoms with Crippen LogP contribution in [0.15, 0.2) is 91.0 Å². The van der Waals surface area contributed by atoms with Crippen molar-refractivity contribution in [3.63, 3.8) is 0 Å². The van der Waals surface area contributed by atoms with Gasteiger partial charge in [-0.1, -0.05) is 54.6 Å². The number of benzene rings is 4. The van der Waals surface area contributed by atoms with Crippen LogP contribution in [0, 0.1) is 0 Å². The predicted molar refractivity (Wildman–Crippen MR) is 158 cm³/mol. The molecule has 202 valence electrons. The van der Waals surface area contributed by atoms with Crippen molar-refractivity contribution in [1.29, 1.82) is 0 Å². The van der Waals surface area contributed by atoms with Gasteiger partial charge in [-0.3, -0.25) is 4.79 Å². The van der Waals surface area contributed by atoms with E-state index in [0.29, 0.717) is 29.8 Å². The van der Waals surface area contributed by atoms with E-state index in [1.165, 1.54) is 4.80 Å². The number of methoxy groups -OCH3 is 1. The van der Waals surface area contributed by atoms with Crippen molar-refractivity contribution in [2.24, 2.45) is 0 Å². The first kappa shape index (κ1) is 26.6. The molecule has 0 atom stereocenters. The quantitative estimate of drug-likeness (QED) is 0.171. The van der Waals surface area contributed by atoms with Crippen LogP contribution in [0.5, 0.6) is 17.2 Å². The third-order valence-corrected chi connectivity index (χ3v) is 6.11. The second-order valence-electron chi connectivity index (χ2n) is 8.71. The van der Waals surface area contributed by atoms with Crippen LogP contribution in [-0.2, 0) is 11.3 Å². The van der Waals surface area contributed by atoms with Gasteiger partial charge in [-0.2, -0.15) is 4.80 Å². The van der Waals surface area contributed by atoms with E-state index in [-0.39, 0.29) is 12.5 Å². The van der Waals surface area contributed by atoms with Crippen LogP contribution in [0.1, 0.15) is 0 Å². The van der Waals surface area contributed by atoms with Crippen molar-refractivity contribution in [3.8, 4) is 28.6 Å². The Morgan fingerprint density at radius 1 is 0.900 bits per heavy atom. The summed E-state index contributed by atoms with van der Waals surface area (Å²) in [6.07, 6.45) is 0. The van der Waals surface area contributed by atoms with Gasteiger partial charge in [0.2, 0.25) is 11.7 Å². The lowest BCUT2D eigenvalue weighted by Crippen LogP contribution is -2.38. The number of hydrogen-bond donors (Lipinski definition) is 3. The summed E-state index contributed by atoms with van der Waals surface area (Å²) in [6, 6.07) is 28.9. The first-order valence-electron chi connectivity index (χ1n) is 12.6. The molecule has 0 aliphatic heterocycles. The van der Waals surface area contributed by atoms with Crippen LogP contribution in [0.25, 0.3) is 22.2 Å². The largest absolute Gasteiger partial charge is 0.497 e. The molecule has 0 fully saturated rings. The Morgan fingerprint density at radius 2 is 1.68 bits per heavy atom. The molecule has 10 nitrogen and oxygen atoms in total. The summed E-state index contributed by atoms with van der Waals surface area (Å²) < 4.78 is 11.4. The smallest absolute Gasteiger partial charge is 0.243 e. The summed E-state index contributed by atoms with van der Waals surface area (Å²) in [5.74, 6) is 2.29. The fourth-order valence-electron chi connectivity index (χ4n) is 3.97. The zero-order chi connectivity index (χ0) is 27.7. The van der Waals surface area contributed by atoms with Gasteiger partial charge in [0.25, 0.3) is 0 Å². The highest BCUT2D eigenvalue weighted by Crippen LogP contribution is 2.31. The highest BCUT2D eigenvalue weighted by molar-refractivity contribution is 7.80. The molecule has 5 aromatic rings. The molecule has 1 heterocycles. The van der Waals surface area contributed by atoms with Gasteiger partial charge in [0.05, 0.1) is 7.11 Å². The monoisotopic (exact) mass is 553 g/mol. The average Bonchev–Trinajstić information content (AvgIpc) is 3.44. The second-order valence-corrected chi connectivity index (χ2v) is 9.12. The molecule has 0 aliphatic carbocycles. The van der Waals surface area contributed by atoms with Crippen LogP contribution < -0.4 is 25.4 Å². The minimum atomic E-state index is -0.245. The number of aromatic nitrogens is 4. The maximum absolute atomic E-state index is 12.4. The molecule has 4 aromatic carbocycles. The summed E-state index contributed by atoms with van der Waals surface area (Å²) >= 11 is 5.30. The molecule has 0 saturated heterocycles. The number of thiocarbonyl (C=S) groups is 1. The molecule has 1 aromatic heterocycles. The Hall–Kier alpha value is -5.03. The molecule has 3 N–H and O–H groups in total. The lowest BCUT2D eigenvalue weighted by molar-refractivity contribution is -0.122. The lowest BCUT2D eigenvalue weighted by Gasteiger charge is -2.11. The van der Waals surface area contributed by atoms with E-state index in [0.717, 1.165) is 33.5 Å². The Morgan fingerprint density at radius 3 is 2.58 bits per heavy atom. The molecule has 0 saturated carbocycles. The number of rotatable bonds is 10. The standard InChI is InChI=1S/C29H27N7O3S/c1-38-23-11-6-10-22(18-23)32-29(40)31-16-15-30-27(37)19-36-34-28(33-35-36)21-9-4-12-24(17-21)39-26-14-5-8-20-7-2-3-13-25(20)26/h2-14,17-18H,15-16,19H2,1H3,(H,30,37)(H2,31,32,40). The van der Waals surface area contributed by atoms with E-state index in [9.17, 15) is 4.79 Å². The number of tetrazole rings is 1. The van der Waals surface area contributed by atoms with Gasteiger partial charge in [-0.05, 0) is 53.1 Å². The summed E-state index contributed by atoms with van der Waals surface area (Å²) in [4.78, 5) is 13.6. The first-order chi connectivity index (χ1) is 19.6. The van der Waals surface area contributed by atoms with Crippen LogP contribution >= 0.6 is 12.2 Å². The van der Waals surface area contributed by atoms with Gasteiger partial charge in [0.1, 0.15) is 23.8 Å². The van der Waals surface area contributed by atoms with Gasteiger partial charge in [-0.15, -0.1) is 10.2 Å². The number of anilines is 1.